The van der Waals surface area contributed by atoms with Gasteiger partial charge in [0.15, 0.2) is 0 Å². The summed E-state index contributed by atoms with van der Waals surface area (Å²) in [5, 5.41) is 0. The number of aromatic nitrogens is 2. The number of benzene rings is 1. The molecule has 0 fully saturated rings. The molecule has 4 rings (SSSR count). The van der Waals surface area contributed by atoms with Gasteiger partial charge in [-0.15, -0.1) is 0 Å². The fourth-order valence-electron chi connectivity index (χ4n) is 2.95. The summed E-state index contributed by atoms with van der Waals surface area (Å²) in [6, 6.07) is 11.0. The summed E-state index contributed by atoms with van der Waals surface area (Å²) in [5.41, 5.74) is 7.40. The third-order valence-electron chi connectivity index (χ3n) is 4.21. The van der Waals surface area contributed by atoms with E-state index in [0.29, 0.717) is 5.92 Å². The van der Waals surface area contributed by atoms with Gasteiger partial charge in [0.25, 0.3) is 0 Å². The van der Waals surface area contributed by atoms with Crippen molar-refractivity contribution in [3.8, 4) is 11.1 Å². The number of rotatable bonds is 1. The van der Waals surface area contributed by atoms with Gasteiger partial charge in [-0.3, -0.25) is 4.98 Å². The predicted molar refractivity (Wildman–Crippen MR) is 83.6 cm³/mol. The van der Waals surface area contributed by atoms with E-state index < -0.39 is 0 Å². The first-order valence-corrected chi connectivity index (χ1v) is 6.96. The summed E-state index contributed by atoms with van der Waals surface area (Å²) < 4.78 is 2.11. The second kappa shape index (κ2) is 4.07. The molecule has 1 unspecified atom stereocenters. The van der Waals surface area contributed by atoms with Crippen LogP contribution < -0.4 is 0 Å². The predicted octanol–water partition coefficient (Wildman–Crippen LogP) is 4.37. The highest BCUT2D eigenvalue weighted by Crippen LogP contribution is 2.33. The number of allylic oxidation sites excluding steroid dienone is 1. The minimum atomic E-state index is 0.511. The molecule has 0 N–H and O–H groups in total. The highest BCUT2D eigenvalue weighted by Gasteiger charge is 2.14. The molecule has 0 saturated carbocycles. The highest BCUT2D eigenvalue weighted by atomic mass is 14.9. The zero-order valence-corrected chi connectivity index (χ0v) is 11.7. The van der Waals surface area contributed by atoms with Crippen molar-refractivity contribution in [1.29, 1.82) is 0 Å². The zero-order valence-electron chi connectivity index (χ0n) is 11.7. The van der Waals surface area contributed by atoms with Crippen LogP contribution in [0.25, 0.3) is 28.2 Å². The molecule has 2 nitrogen and oxygen atoms in total. The van der Waals surface area contributed by atoms with Gasteiger partial charge in [-0.25, -0.2) is 0 Å². The Morgan fingerprint density at radius 1 is 1.10 bits per heavy atom. The number of hydrogen-bond acceptors (Lipinski definition) is 1. The summed E-state index contributed by atoms with van der Waals surface area (Å²) in [6.45, 7) is 2.24. The van der Waals surface area contributed by atoms with Crippen LogP contribution in [0.1, 0.15) is 24.0 Å². The molecule has 0 aliphatic heterocycles. The van der Waals surface area contributed by atoms with Gasteiger partial charge in [-0.2, -0.15) is 0 Å². The number of pyridine rings is 1. The maximum atomic E-state index is 4.55. The molecule has 0 spiro atoms. The Morgan fingerprint density at radius 3 is 2.90 bits per heavy atom. The van der Waals surface area contributed by atoms with Crippen LogP contribution in [-0.2, 0) is 7.05 Å². The van der Waals surface area contributed by atoms with Gasteiger partial charge in [0.2, 0.25) is 0 Å². The van der Waals surface area contributed by atoms with E-state index in [1.807, 2.05) is 12.3 Å². The van der Waals surface area contributed by atoms with Crippen LogP contribution in [0.5, 0.6) is 0 Å². The molecule has 2 heterocycles. The smallest absolute Gasteiger partial charge is 0.0881 e. The summed E-state index contributed by atoms with van der Waals surface area (Å²) in [6.07, 6.45) is 8.49. The van der Waals surface area contributed by atoms with E-state index in [4.69, 9.17) is 0 Å². The van der Waals surface area contributed by atoms with Crippen molar-refractivity contribution in [2.24, 2.45) is 7.05 Å². The Morgan fingerprint density at radius 2 is 2.00 bits per heavy atom. The van der Waals surface area contributed by atoms with Crippen molar-refractivity contribution in [3.05, 3.63) is 59.9 Å². The van der Waals surface area contributed by atoms with E-state index in [0.717, 1.165) is 5.52 Å². The van der Waals surface area contributed by atoms with Crippen molar-refractivity contribution >= 4 is 17.1 Å². The molecule has 0 bridgehead atoms. The molecule has 3 aromatic rings. The minimum Gasteiger partial charge on any atom is -0.349 e. The van der Waals surface area contributed by atoms with Crippen LogP contribution in [0, 0.1) is 0 Å². The largest absolute Gasteiger partial charge is 0.349 e. The van der Waals surface area contributed by atoms with Gasteiger partial charge in [0.1, 0.15) is 0 Å². The van der Waals surface area contributed by atoms with E-state index in [-0.39, 0.29) is 0 Å². The van der Waals surface area contributed by atoms with Crippen LogP contribution >= 0.6 is 0 Å². The first kappa shape index (κ1) is 11.5. The molecule has 1 aliphatic carbocycles. The summed E-state index contributed by atoms with van der Waals surface area (Å²) in [4.78, 5) is 4.55. The molecule has 0 saturated heterocycles. The second-order valence-corrected chi connectivity index (χ2v) is 5.55. The molecule has 1 aliphatic rings. The van der Waals surface area contributed by atoms with Gasteiger partial charge < -0.3 is 4.57 Å². The van der Waals surface area contributed by atoms with Crippen molar-refractivity contribution < 1.29 is 0 Å². The zero-order chi connectivity index (χ0) is 13.7. The Labute approximate surface area is 118 Å². The van der Waals surface area contributed by atoms with Gasteiger partial charge in [-0.05, 0) is 40.8 Å². The average Bonchev–Trinajstić information content (AvgIpc) is 3.03. The monoisotopic (exact) mass is 260 g/mol. The first-order valence-electron chi connectivity index (χ1n) is 6.96. The Hall–Kier alpha value is -2.35. The molecular formula is C18H16N2. The van der Waals surface area contributed by atoms with Crippen LogP contribution in [-0.4, -0.2) is 9.55 Å². The van der Waals surface area contributed by atoms with Crippen molar-refractivity contribution in [2.75, 3.05) is 0 Å². The minimum absolute atomic E-state index is 0.511. The second-order valence-electron chi connectivity index (χ2n) is 5.55. The van der Waals surface area contributed by atoms with Crippen LogP contribution in [0.2, 0.25) is 0 Å². The van der Waals surface area contributed by atoms with E-state index in [2.05, 4.69) is 66.1 Å². The fraction of sp³-hybridized carbons (Fsp3) is 0.167. The molecule has 0 radical (unpaired) electrons. The molecule has 2 heteroatoms. The lowest BCUT2D eigenvalue weighted by Gasteiger charge is -2.09. The molecule has 2 aromatic heterocycles. The van der Waals surface area contributed by atoms with E-state index in [9.17, 15) is 0 Å². The SMILES string of the molecule is CC1C=Cc2ccc(-c3cnc4ccn(C)c4c3)cc21. The Kier molecular flexibility index (Phi) is 2.34. The maximum Gasteiger partial charge on any atom is 0.0881 e. The molecular weight excluding hydrogens is 244 g/mol. The van der Waals surface area contributed by atoms with Gasteiger partial charge in [-0.1, -0.05) is 31.2 Å². The van der Waals surface area contributed by atoms with Crippen LogP contribution in [0.3, 0.4) is 0 Å². The van der Waals surface area contributed by atoms with Gasteiger partial charge >= 0.3 is 0 Å². The topological polar surface area (TPSA) is 17.8 Å². The maximum absolute atomic E-state index is 4.55. The number of nitrogens with zero attached hydrogens (tertiary/aromatic N) is 2. The lowest BCUT2D eigenvalue weighted by Crippen LogP contribution is -1.90. The van der Waals surface area contributed by atoms with Crippen molar-refractivity contribution in [3.63, 3.8) is 0 Å². The molecule has 1 aromatic carbocycles. The quantitative estimate of drug-likeness (QED) is 0.635. The third-order valence-corrected chi connectivity index (χ3v) is 4.21. The summed E-state index contributed by atoms with van der Waals surface area (Å²) >= 11 is 0. The molecule has 0 amide bonds. The molecule has 98 valence electrons. The highest BCUT2D eigenvalue weighted by molar-refractivity contribution is 5.82. The average molecular weight is 260 g/mol. The lowest BCUT2D eigenvalue weighted by atomic mass is 9.97. The Bertz CT molecular complexity index is 840. The van der Waals surface area contributed by atoms with E-state index >= 15 is 0 Å². The number of fused-ring (bicyclic) bond motifs is 2. The van der Waals surface area contributed by atoms with E-state index in [1.165, 1.54) is 27.8 Å². The summed E-state index contributed by atoms with van der Waals surface area (Å²) in [7, 11) is 2.06. The number of aryl methyl sites for hydroxylation is 1. The van der Waals surface area contributed by atoms with Crippen molar-refractivity contribution in [2.45, 2.75) is 12.8 Å². The number of hydrogen-bond donors (Lipinski definition) is 0. The van der Waals surface area contributed by atoms with Crippen LogP contribution in [0.4, 0.5) is 0 Å². The van der Waals surface area contributed by atoms with Crippen LogP contribution in [0.15, 0.2) is 48.8 Å². The van der Waals surface area contributed by atoms with E-state index in [1.54, 1.807) is 0 Å². The van der Waals surface area contributed by atoms with Crippen molar-refractivity contribution in [1.82, 2.24) is 9.55 Å². The summed E-state index contributed by atoms with van der Waals surface area (Å²) in [5.74, 6) is 0.511. The molecule has 1 atom stereocenters. The lowest BCUT2D eigenvalue weighted by molar-refractivity contribution is 0.968. The standard InChI is InChI=1S/C18H16N2/c1-12-3-4-13-5-6-14(9-16(12)13)15-10-18-17(19-11-15)7-8-20(18)2/h3-12H,1-2H3. The third kappa shape index (κ3) is 1.61. The Balaban J connectivity index is 1.87. The van der Waals surface area contributed by atoms with Gasteiger partial charge in [0, 0.05) is 25.0 Å². The van der Waals surface area contributed by atoms with Gasteiger partial charge in [0.05, 0.1) is 11.0 Å². The normalized spacial score (nSPS) is 16.8. The fourth-order valence-corrected chi connectivity index (χ4v) is 2.95. The first-order chi connectivity index (χ1) is 9.72. The molecule has 20 heavy (non-hydrogen) atoms.